The molecule has 9 nitrogen and oxygen atoms in total. The molecule has 1 unspecified atom stereocenters. The highest BCUT2D eigenvalue weighted by molar-refractivity contribution is 7.16. The van der Waals surface area contributed by atoms with Crippen LogP contribution in [0.15, 0.2) is 28.9 Å². The molecule has 1 atom stereocenters. The van der Waals surface area contributed by atoms with Crippen LogP contribution in [0.4, 0.5) is 0 Å². The topological polar surface area (TPSA) is 106 Å². The Morgan fingerprint density at radius 2 is 2.38 bits per heavy atom. The first-order chi connectivity index (χ1) is 11.7. The van der Waals surface area contributed by atoms with Gasteiger partial charge in [0.15, 0.2) is 0 Å². The summed E-state index contributed by atoms with van der Waals surface area (Å²) in [6.45, 7) is 1.17. The van der Waals surface area contributed by atoms with Crippen LogP contribution in [0.5, 0.6) is 0 Å². The van der Waals surface area contributed by atoms with Gasteiger partial charge in [0, 0.05) is 6.54 Å². The van der Waals surface area contributed by atoms with E-state index in [0.29, 0.717) is 35.8 Å². The second-order valence-electron chi connectivity index (χ2n) is 5.37. The fourth-order valence-electron chi connectivity index (χ4n) is 2.75. The van der Waals surface area contributed by atoms with Gasteiger partial charge in [-0.15, -0.1) is 11.3 Å². The molecular formula is C14H14N6O3S. The van der Waals surface area contributed by atoms with Gasteiger partial charge in [-0.3, -0.25) is 19.3 Å². The molecule has 0 aromatic carbocycles. The summed E-state index contributed by atoms with van der Waals surface area (Å²) in [5, 5.41) is 8.94. The van der Waals surface area contributed by atoms with E-state index < -0.39 is 0 Å². The predicted octanol–water partition coefficient (Wildman–Crippen LogP) is 0.176. The van der Waals surface area contributed by atoms with Crippen LogP contribution in [-0.2, 0) is 16.1 Å². The lowest BCUT2D eigenvalue weighted by Crippen LogP contribution is -2.46. The van der Waals surface area contributed by atoms with E-state index in [1.165, 1.54) is 28.6 Å². The van der Waals surface area contributed by atoms with Crippen LogP contribution in [0.3, 0.4) is 0 Å². The number of aromatic nitrogens is 5. The van der Waals surface area contributed by atoms with Crippen LogP contribution < -0.4 is 5.56 Å². The molecule has 4 rings (SSSR count). The van der Waals surface area contributed by atoms with Crippen LogP contribution in [0.1, 0.15) is 11.9 Å². The molecule has 1 amide bonds. The van der Waals surface area contributed by atoms with E-state index in [1.807, 2.05) is 5.38 Å². The van der Waals surface area contributed by atoms with Crippen molar-refractivity contribution in [3.63, 3.8) is 0 Å². The highest BCUT2D eigenvalue weighted by atomic mass is 32.1. The molecule has 3 aromatic heterocycles. The quantitative estimate of drug-likeness (QED) is 0.725. The molecule has 1 aliphatic rings. The van der Waals surface area contributed by atoms with Crippen molar-refractivity contribution in [2.45, 2.75) is 12.6 Å². The summed E-state index contributed by atoms with van der Waals surface area (Å²) in [4.78, 5) is 35.8. The monoisotopic (exact) mass is 346 g/mol. The fraction of sp³-hybridized carbons (Fsp3) is 0.357. The van der Waals surface area contributed by atoms with E-state index >= 15 is 0 Å². The molecule has 24 heavy (non-hydrogen) atoms. The van der Waals surface area contributed by atoms with Crippen LogP contribution in [0, 0.1) is 0 Å². The minimum absolute atomic E-state index is 0.0672. The minimum atomic E-state index is -0.331. The van der Waals surface area contributed by atoms with Gasteiger partial charge in [0.25, 0.3) is 5.56 Å². The number of carbonyl (C=O) groups is 1. The molecule has 0 radical (unpaired) electrons. The number of aromatic amines is 1. The zero-order chi connectivity index (χ0) is 16.5. The number of hydrogen-bond donors (Lipinski definition) is 1. The molecule has 124 valence electrons. The number of nitrogens with one attached hydrogen (secondary N) is 1. The van der Waals surface area contributed by atoms with Gasteiger partial charge in [-0.05, 0) is 11.4 Å². The van der Waals surface area contributed by atoms with E-state index in [0.717, 1.165) is 0 Å². The summed E-state index contributed by atoms with van der Waals surface area (Å²) in [6, 6.07) is 1.39. The second-order valence-corrected chi connectivity index (χ2v) is 6.26. The van der Waals surface area contributed by atoms with Crippen molar-refractivity contribution >= 4 is 27.5 Å². The molecule has 0 aliphatic carbocycles. The average Bonchev–Trinajstić information content (AvgIpc) is 3.29. The van der Waals surface area contributed by atoms with Gasteiger partial charge in [-0.25, -0.2) is 9.97 Å². The van der Waals surface area contributed by atoms with Crippen LogP contribution in [0.2, 0.25) is 0 Å². The normalized spacial score (nSPS) is 18.2. The second kappa shape index (κ2) is 6.13. The Morgan fingerprint density at radius 3 is 3.21 bits per heavy atom. The molecule has 0 bridgehead atoms. The third kappa shape index (κ3) is 2.59. The first-order valence-electron chi connectivity index (χ1n) is 7.39. The third-order valence-corrected chi connectivity index (χ3v) is 4.77. The van der Waals surface area contributed by atoms with E-state index in [4.69, 9.17) is 4.74 Å². The number of carbonyl (C=O) groups excluding carboxylic acids is 1. The van der Waals surface area contributed by atoms with Gasteiger partial charge < -0.3 is 9.64 Å². The Bertz CT molecular complexity index is 918. The maximum Gasteiger partial charge on any atom is 0.262 e. The standard InChI is InChI=1S/C14H14N6O3S/c21-11(5-19-8-16-13-9(14(19)22)1-4-24-13)20-2-3-23-6-10(20)12-15-7-17-18-12/h1,4,7-8,10H,2-3,5-6H2,(H,15,17,18). The predicted molar refractivity (Wildman–Crippen MR) is 85.5 cm³/mol. The van der Waals surface area contributed by atoms with Crippen molar-refractivity contribution in [2.24, 2.45) is 0 Å². The number of H-pyrrole nitrogens is 1. The van der Waals surface area contributed by atoms with E-state index in [2.05, 4.69) is 20.2 Å². The number of thiophene rings is 1. The minimum Gasteiger partial charge on any atom is -0.377 e. The lowest BCUT2D eigenvalue weighted by molar-refractivity contribution is -0.141. The van der Waals surface area contributed by atoms with Crippen LogP contribution in [0.25, 0.3) is 10.2 Å². The van der Waals surface area contributed by atoms with Gasteiger partial charge in [-0.2, -0.15) is 5.10 Å². The Balaban J connectivity index is 1.59. The molecule has 1 saturated heterocycles. The Kier molecular flexibility index (Phi) is 3.82. The maximum atomic E-state index is 12.7. The zero-order valence-corrected chi connectivity index (χ0v) is 13.4. The molecule has 1 aliphatic heterocycles. The molecule has 1 fully saturated rings. The van der Waals surface area contributed by atoms with Crippen LogP contribution in [-0.4, -0.2) is 55.3 Å². The molecule has 0 spiro atoms. The molecule has 10 heteroatoms. The summed E-state index contributed by atoms with van der Waals surface area (Å²) in [5.41, 5.74) is -0.209. The number of fused-ring (bicyclic) bond motifs is 1. The summed E-state index contributed by atoms with van der Waals surface area (Å²) in [6.07, 6.45) is 2.81. The number of amides is 1. The van der Waals surface area contributed by atoms with Crippen molar-refractivity contribution in [1.82, 2.24) is 29.6 Å². The Morgan fingerprint density at radius 1 is 1.46 bits per heavy atom. The summed E-state index contributed by atoms with van der Waals surface area (Å²) in [7, 11) is 0. The first kappa shape index (κ1) is 15.0. The number of hydrogen-bond acceptors (Lipinski definition) is 7. The van der Waals surface area contributed by atoms with E-state index in [-0.39, 0.29) is 24.1 Å². The van der Waals surface area contributed by atoms with E-state index in [1.54, 1.807) is 11.0 Å². The number of rotatable bonds is 3. The lowest BCUT2D eigenvalue weighted by atomic mass is 10.2. The van der Waals surface area contributed by atoms with E-state index in [9.17, 15) is 9.59 Å². The van der Waals surface area contributed by atoms with Gasteiger partial charge in [-0.1, -0.05) is 0 Å². The fourth-order valence-corrected chi connectivity index (χ4v) is 3.47. The summed E-state index contributed by atoms with van der Waals surface area (Å²) >= 11 is 1.40. The average molecular weight is 346 g/mol. The smallest absolute Gasteiger partial charge is 0.262 e. The Labute approximate surface area is 139 Å². The highest BCUT2D eigenvalue weighted by Crippen LogP contribution is 2.21. The molecule has 1 N–H and O–H groups in total. The molecule has 4 heterocycles. The highest BCUT2D eigenvalue weighted by Gasteiger charge is 2.30. The van der Waals surface area contributed by atoms with Crippen LogP contribution >= 0.6 is 11.3 Å². The summed E-state index contributed by atoms with van der Waals surface area (Å²) in [5.74, 6) is 0.389. The molecule has 0 saturated carbocycles. The lowest BCUT2D eigenvalue weighted by Gasteiger charge is -2.34. The number of ether oxygens (including phenoxy) is 1. The van der Waals surface area contributed by atoms with Crippen molar-refractivity contribution in [1.29, 1.82) is 0 Å². The van der Waals surface area contributed by atoms with Gasteiger partial charge in [0.1, 0.15) is 29.6 Å². The number of nitrogens with zero attached hydrogens (tertiary/aromatic N) is 5. The Hall–Kier alpha value is -2.59. The van der Waals surface area contributed by atoms with Crippen molar-refractivity contribution in [3.05, 3.63) is 40.3 Å². The van der Waals surface area contributed by atoms with Gasteiger partial charge in [0.2, 0.25) is 5.91 Å². The first-order valence-corrected chi connectivity index (χ1v) is 8.27. The maximum absolute atomic E-state index is 12.7. The van der Waals surface area contributed by atoms with Crippen molar-refractivity contribution < 1.29 is 9.53 Å². The summed E-state index contributed by atoms with van der Waals surface area (Å²) < 4.78 is 6.78. The SMILES string of the molecule is O=C(Cn1cnc2sccc2c1=O)N1CCOCC1c1ncn[nH]1. The molecule has 3 aromatic rings. The van der Waals surface area contributed by atoms with Gasteiger partial charge >= 0.3 is 0 Å². The number of morpholine rings is 1. The van der Waals surface area contributed by atoms with Crippen molar-refractivity contribution in [2.75, 3.05) is 19.8 Å². The van der Waals surface area contributed by atoms with Crippen molar-refractivity contribution in [3.8, 4) is 0 Å². The largest absolute Gasteiger partial charge is 0.377 e. The van der Waals surface area contributed by atoms with Gasteiger partial charge in [0.05, 0.1) is 24.9 Å². The molecular weight excluding hydrogens is 332 g/mol. The third-order valence-electron chi connectivity index (χ3n) is 3.95. The zero-order valence-electron chi connectivity index (χ0n) is 12.6.